The SMILES string of the molecule is Cn1cc(C2=C(c3ccncc3)C(=O)NC2=O)c2ccccc21. The van der Waals surface area contributed by atoms with Crippen LogP contribution in [0.4, 0.5) is 0 Å². The van der Waals surface area contributed by atoms with Crippen LogP contribution in [-0.2, 0) is 16.6 Å². The van der Waals surface area contributed by atoms with Crippen LogP contribution in [0.5, 0.6) is 0 Å². The lowest BCUT2D eigenvalue weighted by Gasteiger charge is -2.03. The minimum atomic E-state index is -0.371. The molecule has 2 aromatic heterocycles. The van der Waals surface area contributed by atoms with Crippen molar-refractivity contribution in [2.75, 3.05) is 0 Å². The first-order valence-corrected chi connectivity index (χ1v) is 7.21. The van der Waals surface area contributed by atoms with Crippen molar-refractivity contribution in [3.63, 3.8) is 0 Å². The molecular formula is C18H13N3O2. The van der Waals surface area contributed by atoms with Crippen molar-refractivity contribution in [1.29, 1.82) is 0 Å². The first-order valence-electron chi connectivity index (χ1n) is 7.21. The van der Waals surface area contributed by atoms with Crippen LogP contribution in [0.15, 0.2) is 55.0 Å². The van der Waals surface area contributed by atoms with Crippen LogP contribution in [0, 0.1) is 0 Å². The van der Waals surface area contributed by atoms with Crippen molar-refractivity contribution in [1.82, 2.24) is 14.9 Å². The molecule has 3 aromatic rings. The van der Waals surface area contributed by atoms with E-state index in [1.807, 2.05) is 42.1 Å². The number of hydrogen-bond donors (Lipinski definition) is 1. The molecule has 1 aliphatic heterocycles. The lowest BCUT2D eigenvalue weighted by Crippen LogP contribution is -2.22. The summed E-state index contributed by atoms with van der Waals surface area (Å²) in [5.74, 6) is -0.734. The van der Waals surface area contributed by atoms with E-state index >= 15 is 0 Å². The first-order chi connectivity index (χ1) is 11.2. The largest absolute Gasteiger partial charge is 0.350 e. The summed E-state index contributed by atoms with van der Waals surface area (Å²) in [5.41, 5.74) is 3.27. The number of rotatable bonds is 2. The van der Waals surface area contributed by atoms with Gasteiger partial charge in [-0.25, -0.2) is 0 Å². The normalized spacial score (nSPS) is 14.7. The van der Waals surface area contributed by atoms with Gasteiger partial charge >= 0.3 is 0 Å². The molecule has 0 atom stereocenters. The highest BCUT2D eigenvalue weighted by molar-refractivity contribution is 6.50. The molecule has 2 amide bonds. The summed E-state index contributed by atoms with van der Waals surface area (Å²) in [5, 5.41) is 3.35. The summed E-state index contributed by atoms with van der Waals surface area (Å²) < 4.78 is 1.96. The van der Waals surface area contributed by atoms with Crippen LogP contribution in [0.2, 0.25) is 0 Å². The van der Waals surface area contributed by atoms with Gasteiger partial charge in [0.15, 0.2) is 0 Å². The Kier molecular flexibility index (Phi) is 2.87. The summed E-state index contributed by atoms with van der Waals surface area (Å²) >= 11 is 0. The number of carbonyl (C=O) groups is 2. The molecule has 0 fully saturated rings. The summed E-state index contributed by atoms with van der Waals surface area (Å²) in [6.07, 6.45) is 5.11. The van der Waals surface area contributed by atoms with E-state index in [2.05, 4.69) is 10.3 Å². The van der Waals surface area contributed by atoms with Crippen molar-refractivity contribution in [3.8, 4) is 0 Å². The molecule has 5 nitrogen and oxygen atoms in total. The minimum absolute atomic E-state index is 0.363. The standard InChI is InChI=1S/C18H13N3O2/c1-21-10-13(12-4-2-3-5-14(12)21)16-15(17(22)20-18(16)23)11-6-8-19-9-7-11/h2-10H,1H3,(H,20,22,23). The van der Waals surface area contributed by atoms with Crippen LogP contribution in [0.25, 0.3) is 22.0 Å². The van der Waals surface area contributed by atoms with E-state index in [4.69, 9.17) is 0 Å². The Balaban J connectivity index is 2.05. The third-order valence-corrected chi connectivity index (χ3v) is 4.07. The molecule has 1 aromatic carbocycles. The second-order valence-corrected chi connectivity index (χ2v) is 5.44. The molecule has 1 aliphatic rings. The number of hydrogen-bond acceptors (Lipinski definition) is 3. The quantitative estimate of drug-likeness (QED) is 0.738. The summed E-state index contributed by atoms with van der Waals surface area (Å²) in [6.45, 7) is 0. The Morgan fingerprint density at radius 1 is 0.957 bits per heavy atom. The molecular weight excluding hydrogens is 290 g/mol. The fraction of sp³-hybridized carbons (Fsp3) is 0.0556. The van der Waals surface area contributed by atoms with Crippen LogP contribution in [0.1, 0.15) is 11.1 Å². The number of para-hydroxylation sites is 1. The molecule has 4 rings (SSSR count). The number of amides is 2. The predicted octanol–water partition coefficient (Wildman–Crippen LogP) is 2.14. The average Bonchev–Trinajstić information content (AvgIpc) is 3.05. The van der Waals surface area contributed by atoms with E-state index in [9.17, 15) is 9.59 Å². The monoisotopic (exact) mass is 303 g/mol. The fourth-order valence-electron chi connectivity index (χ4n) is 3.05. The zero-order valence-corrected chi connectivity index (χ0v) is 12.4. The Bertz CT molecular complexity index is 984. The molecule has 0 spiro atoms. The van der Waals surface area contributed by atoms with Gasteiger partial charge < -0.3 is 4.57 Å². The van der Waals surface area contributed by atoms with E-state index < -0.39 is 0 Å². The van der Waals surface area contributed by atoms with Gasteiger partial charge in [-0.05, 0) is 23.8 Å². The van der Waals surface area contributed by atoms with Crippen molar-refractivity contribution >= 4 is 33.9 Å². The van der Waals surface area contributed by atoms with E-state index in [0.29, 0.717) is 16.7 Å². The molecule has 23 heavy (non-hydrogen) atoms. The van der Waals surface area contributed by atoms with Crippen LogP contribution in [0.3, 0.4) is 0 Å². The third kappa shape index (κ3) is 1.97. The van der Waals surface area contributed by atoms with Gasteiger partial charge in [0.25, 0.3) is 11.8 Å². The Morgan fingerprint density at radius 3 is 2.43 bits per heavy atom. The topological polar surface area (TPSA) is 64.0 Å². The predicted molar refractivity (Wildman–Crippen MR) is 87.1 cm³/mol. The molecule has 0 bridgehead atoms. The molecule has 5 heteroatoms. The van der Waals surface area contributed by atoms with Crippen LogP contribution >= 0.6 is 0 Å². The maximum Gasteiger partial charge on any atom is 0.259 e. The number of benzene rings is 1. The van der Waals surface area contributed by atoms with Gasteiger partial charge in [-0.15, -0.1) is 0 Å². The lowest BCUT2D eigenvalue weighted by atomic mass is 9.96. The number of carbonyl (C=O) groups excluding carboxylic acids is 2. The van der Waals surface area contributed by atoms with Gasteiger partial charge in [-0.3, -0.25) is 19.9 Å². The summed E-state index contributed by atoms with van der Waals surface area (Å²) in [6, 6.07) is 11.3. The molecule has 0 radical (unpaired) electrons. The van der Waals surface area contributed by atoms with Gasteiger partial charge in [0, 0.05) is 42.1 Å². The van der Waals surface area contributed by atoms with E-state index in [1.54, 1.807) is 24.5 Å². The van der Waals surface area contributed by atoms with Gasteiger partial charge in [0.2, 0.25) is 0 Å². The maximum absolute atomic E-state index is 12.4. The van der Waals surface area contributed by atoms with Gasteiger partial charge in [-0.1, -0.05) is 18.2 Å². The minimum Gasteiger partial charge on any atom is -0.350 e. The third-order valence-electron chi connectivity index (χ3n) is 4.07. The number of nitrogens with one attached hydrogen (secondary N) is 1. The highest BCUT2D eigenvalue weighted by Crippen LogP contribution is 2.35. The number of pyridine rings is 1. The Morgan fingerprint density at radius 2 is 1.65 bits per heavy atom. The van der Waals surface area contributed by atoms with E-state index in [0.717, 1.165) is 16.5 Å². The lowest BCUT2D eigenvalue weighted by molar-refractivity contribution is -0.122. The first kappa shape index (κ1) is 13.5. The highest BCUT2D eigenvalue weighted by atomic mass is 16.2. The van der Waals surface area contributed by atoms with Crippen LogP contribution in [-0.4, -0.2) is 21.4 Å². The number of aromatic nitrogens is 2. The summed E-state index contributed by atoms with van der Waals surface area (Å²) in [7, 11) is 1.92. The Labute approximate surface area is 132 Å². The number of aryl methyl sites for hydroxylation is 1. The van der Waals surface area contributed by atoms with E-state index in [1.165, 1.54) is 0 Å². The molecule has 112 valence electrons. The van der Waals surface area contributed by atoms with Crippen molar-refractivity contribution in [3.05, 3.63) is 66.1 Å². The molecule has 0 aliphatic carbocycles. The van der Waals surface area contributed by atoms with Crippen molar-refractivity contribution in [2.45, 2.75) is 0 Å². The summed E-state index contributed by atoms with van der Waals surface area (Å²) in [4.78, 5) is 28.7. The number of fused-ring (bicyclic) bond motifs is 1. The highest BCUT2D eigenvalue weighted by Gasteiger charge is 2.33. The molecule has 0 saturated carbocycles. The average molecular weight is 303 g/mol. The smallest absolute Gasteiger partial charge is 0.259 e. The Hall–Kier alpha value is -3.21. The molecule has 3 heterocycles. The van der Waals surface area contributed by atoms with Crippen LogP contribution < -0.4 is 5.32 Å². The van der Waals surface area contributed by atoms with Crippen molar-refractivity contribution < 1.29 is 9.59 Å². The fourth-order valence-corrected chi connectivity index (χ4v) is 3.05. The molecule has 1 N–H and O–H groups in total. The second kappa shape index (κ2) is 4.91. The number of nitrogens with zero attached hydrogens (tertiary/aromatic N) is 2. The zero-order chi connectivity index (χ0) is 16.0. The molecule has 0 unspecified atom stereocenters. The second-order valence-electron chi connectivity index (χ2n) is 5.44. The van der Waals surface area contributed by atoms with Gasteiger partial charge in [0.1, 0.15) is 0 Å². The van der Waals surface area contributed by atoms with E-state index in [-0.39, 0.29) is 11.8 Å². The molecule has 0 saturated heterocycles. The zero-order valence-electron chi connectivity index (χ0n) is 12.4. The van der Waals surface area contributed by atoms with Gasteiger partial charge in [-0.2, -0.15) is 0 Å². The maximum atomic E-state index is 12.4. The number of imide groups is 1. The van der Waals surface area contributed by atoms with Crippen molar-refractivity contribution in [2.24, 2.45) is 7.05 Å². The van der Waals surface area contributed by atoms with Gasteiger partial charge in [0.05, 0.1) is 11.1 Å².